The largest absolute Gasteiger partial charge is 0.324 e. The number of thioether (sulfide) groups is 1. The lowest BCUT2D eigenvalue weighted by atomic mass is 10.1. The normalized spacial score (nSPS) is 16.5. The molecule has 0 unspecified atom stereocenters. The van der Waals surface area contributed by atoms with Gasteiger partial charge in [0.15, 0.2) is 0 Å². The monoisotopic (exact) mass is 349 g/mol. The van der Waals surface area contributed by atoms with Crippen LogP contribution in [0.25, 0.3) is 0 Å². The second-order valence-electron chi connectivity index (χ2n) is 6.85. The molecule has 1 aromatic carbocycles. The van der Waals surface area contributed by atoms with E-state index in [9.17, 15) is 4.79 Å². The molecule has 0 atom stereocenters. The fourth-order valence-electron chi connectivity index (χ4n) is 2.98. The minimum Gasteiger partial charge on any atom is -0.324 e. The van der Waals surface area contributed by atoms with Gasteiger partial charge in [-0.15, -0.1) is 0 Å². The lowest BCUT2D eigenvalue weighted by Gasteiger charge is -2.34. The first-order valence-electron chi connectivity index (χ1n) is 8.88. The fourth-order valence-corrected chi connectivity index (χ4v) is 3.82. The van der Waals surface area contributed by atoms with Crippen molar-refractivity contribution in [1.29, 1.82) is 0 Å². The summed E-state index contributed by atoms with van der Waals surface area (Å²) in [6.45, 7) is 14.3. The maximum atomic E-state index is 12.3. The molecule has 0 spiro atoms. The molecule has 1 saturated heterocycles. The van der Waals surface area contributed by atoms with Gasteiger partial charge < -0.3 is 5.32 Å². The average molecular weight is 350 g/mol. The summed E-state index contributed by atoms with van der Waals surface area (Å²) in [5.74, 6) is 1.29. The van der Waals surface area contributed by atoms with Crippen LogP contribution in [0, 0.1) is 13.8 Å². The molecule has 1 N–H and O–H groups in total. The number of amides is 1. The SMILES string of the molecule is Cc1cccc(C)c1NC(=O)CN1CCN(CCSC(C)C)CC1. The van der Waals surface area contributed by atoms with E-state index in [1.54, 1.807) is 0 Å². The molecule has 5 heteroatoms. The zero-order valence-electron chi connectivity index (χ0n) is 15.5. The maximum absolute atomic E-state index is 12.3. The Morgan fingerprint density at radius 3 is 2.29 bits per heavy atom. The summed E-state index contributed by atoms with van der Waals surface area (Å²) in [7, 11) is 0. The minimum absolute atomic E-state index is 0.0937. The number of carbonyl (C=O) groups excluding carboxylic acids is 1. The number of nitrogens with one attached hydrogen (secondary N) is 1. The lowest BCUT2D eigenvalue weighted by molar-refractivity contribution is -0.117. The molecule has 24 heavy (non-hydrogen) atoms. The van der Waals surface area contributed by atoms with E-state index in [1.165, 1.54) is 5.75 Å². The summed E-state index contributed by atoms with van der Waals surface area (Å²) in [5, 5.41) is 3.79. The summed E-state index contributed by atoms with van der Waals surface area (Å²) in [5.41, 5.74) is 3.21. The van der Waals surface area contributed by atoms with Crippen molar-refractivity contribution in [2.45, 2.75) is 32.9 Å². The van der Waals surface area contributed by atoms with Crippen molar-refractivity contribution >= 4 is 23.4 Å². The van der Waals surface area contributed by atoms with E-state index in [2.05, 4.69) is 29.0 Å². The van der Waals surface area contributed by atoms with Crippen molar-refractivity contribution < 1.29 is 4.79 Å². The van der Waals surface area contributed by atoms with E-state index in [0.29, 0.717) is 11.8 Å². The first kappa shape index (κ1) is 19.3. The van der Waals surface area contributed by atoms with E-state index in [4.69, 9.17) is 0 Å². The van der Waals surface area contributed by atoms with Gasteiger partial charge in [-0.25, -0.2) is 0 Å². The number of hydrogen-bond donors (Lipinski definition) is 1. The van der Waals surface area contributed by atoms with Gasteiger partial charge in [0.1, 0.15) is 0 Å². The highest BCUT2D eigenvalue weighted by molar-refractivity contribution is 7.99. The van der Waals surface area contributed by atoms with E-state index >= 15 is 0 Å². The molecule has 0 bridgehead atoms. The van der Waals surface area contributed by atoms with Crippen molar-refractivity contribution in [1.82, 2.24) is 9.80 Å². The molecule has 0 saturated carbocycles. The number of piperazine rings is 1. The van der Waals surface area contributed by atoms with E-state index in [0.717, 1.165) is 49.5 Å². The molecule has 1 amide bonds. The standard InChI is InChI=1S/C19H31N3OS/c1-15(2)24-13-12-21-8-10-22(11-9-21)14-18(23)20-19-16(3)6-5-7-17(19)4/h5-7,15H,8-14H2,1-4H3,(H,20,23). The molecule has 1 aromatic rings. The highest BCUT2D eigenvalue weighted by Crippen LogP contribution is 2.19. The Labute approximate surface area is 151 Å². The number of carbonyl (C=O) groups is 1. The number of nitrogens with zero attached hydrogens (tertiary/aromatic N) is 2. The smallest absolute Gasteiger partial charge is 0.238 e. The zero-order chi connectivity index (χ0) is 17.5. The van der Waals surface area contributed by atoms with Crippen LogP contribution in [0.3, 0.4) is 0 Å². The number of aryl methyl sites for hydroxylation is 2. The van der Waals surface area contributed by atoms with Crippen molar-refractivity contribution in [2.24, 2.45) is 0 Å². The van der Waals surface area contributed by atoms with Crippen LogP contribution >= 0.6 is 11.8 Å². The van der Waals surface area contributed by atoms with Crippen LogP contribution in [0.4, 0.5) is 5.69 Å². The summed E-state index contributed by atoms with van der Waals surface area (Å²) in [6, 6.07) is 6.10. The van der Waals surface area contributed by atoms with Gasteiger partial charge in [-0.1, -0.05) is 32.0 Å². The highest BCUT2D eigenvalue weighted by atomic mass is 32.2. The zero-order valence-corrected chi connectivity index (χ0v) is 16.3. The quantitative estimate of drug-likeness (QED) is 0.821. The molecule has 0 aromatic heterocycles. The molecule has 4 nitrogen and oxygen atoms in total. The van der Waals surface area contributed by atoms with E-state index < -0.39 is 0 Å². The van der Waals surface area contributed by atoms with Gasteiger partial charge in [0.25, 0.3) is 0 Å². The van der Waals surface area contributed by atoms with Gasteiger partial charge in [-0.3, -0.25) is 14.6 Å². The van der Waals surface area contributed by atoms with Crippen LogP contribution in [-0.4, -0.2) is 66.0 Å². The topological polar surface area (TPSA) is 35.6 Å². The Hall–Kier alpha value is -1.04. The van der Waals surface area contributed by atoms with Gasteiger partial charge in [-0.2, -0.15) is 11.8 Å². The van der Waals surface area contributed by atoms with Gasteiger partial charge in [0, 0.05) is 44.2 Å². The minimum atomic E-state index is 0.0937. The van der Waals surface area contributed by atoms with Crippen LogP contribution in [0.15, 0.2) is 18.2 Å². The first-order chi connectivity index (χ1) is 11.5. The molecule has 0 aliphatic carbocycles. The number of benzene rings is 1. The van der Waals surface area contributed by atoms with Crippen LogP contribution in [-0.2, 0) is 4.79 Å². The number of rotatable bonds is 7. The van der Waals surface area contributed by atoms with Crippen LogP contribution < -0.4 is 5.32 Å². The van der Waals surface area contributed by atoms with Crippen LogP contribution in [0.1, 0.15) is 25.0 Å². The highest BCUT2D eigenvalue weighted by Gasteiger charge is 2.19. The molecular formula is C19H31N3OS. The second kappa shape index (κ2) is 9.44. The predicted octanol–water partition coefficient (Wildman–Crippen LogP) is 3.00. The molecule has 2 rings (SSSR count). The molecule has 1 aliphatic heterocycles. The molecule has 1 fully saturated rings. The third kappa shape index (κ3) is 6.11. The maximum Gasteiger partial charge on any atom is 0.238 e. The first-order valence-corrected chi connectivity index (χ1v) is 9.93. The van der Waals surface area contributed by atoms with E-state index in [-0.39, 0.29) is 5.91 Å². The molecule has 134 valence electrons. The fraction of sp³-hybridized carbons (Fsp3) is 0.632. The number of hydrogen-bond acceptors (Lipinski definition) is 4. The van der Waals surface area contributed by atoms with Gasteiger partial charge in [0.2, 0.25) is 5.91 Å². The van der Waals surface area contributed by atoms with Crippen LogP contribution in [0.2, 0.25) is 0 Å². The molecule has 0 radical (unpaired) electrons. The molecular weight excluding hydrogens is 318 g/mol. The Balaban J connectivity index is 1.72. The Morgan fingerprint density at radius 1 is 1.12 bits per heavy atom. The van der Waals surface area contributed by atoms with Crippen molar-refractivity contribution in [2.75, 3.05) is 50.3 Å². The number of anilines is 1. The van der Waals surface area contributed by atoms with Crippen molar-refractivity contribution in [3.63, 3.8) is 0 Å². The summed E-state index contributed by atoms with van der Waals surface area (Å²) in [4.78, 5) is 17.1. The Morgan fingerprint density at radius 2 is 1.71 bits per heavy atom. The predicted molar refractivity (Wildman–Crippen MR) is 105 cm³/mol. The molecule has 1 heterocycles. The summed E-state index contributed by atoms with van der Waals surface area (Å²) >= 11 is 2.02. The van der Waals surface area contributed by atoms with Crippen molar-refractivity contribution in [3.8, 4) is 0 Å². The average Bonchev–Trinajstić information content (AvgIpc) is 2.52. The van der Waals surface area contributed by atoms with Gasteiger partial charge in [0.05, 0.1) is 6.54 Å². The van der Waals surface area contributed by atoms with Gasteiger partial charge >= 0.3 is 0 Å². The Bertz CT molecular complexity index is 519. The van der Waals surface area contributed by atoms with Gasteiger partial charge in [-0.05, 0) is 30.2 Å². The third-order valence-electron chi connectivity index (χ3n) is 4.44. The second-order valence-corrected chi connectivity index (χ2v) is 8.54. The van der Waals surface area contributed by atoms with Crippen LogP contribution in [0.5, 0.6) is 0 Å². The third-order valence-corrected chi connectivity index (χ3v) is 5.52. The van der Waals surface area contributed by atoms with E-state index in [1.807, 2.05) is 43.8 Å². The van der Waals surface area contributed by atoms with Crippen molar-refractivity contribution in [3.05, 3.63) is 29.3 Å². The summed E-state index contributed by atoms with van der Waals surface area (Å²) < 4.78 is 0. The molecule has 1 aliphatic rings. The summed E-state index contributed by atoms with van der Waals surface area (Å²) in [6.07, 6.45) is 0. The number of para-hydroxylation sites is 1. The Kier molecular flexibility index (Phi) is 7.59. The lowest BCUT2D eigenvalue weighted by Crippen LogP contribution is -2.49.